The topological polar surface area (TPSA) is 49.5 Å². The van der Waals surface area contributed by atoms with Crippen molar-refractivity contribution in [1.29, 1.82) is 0 Å². The first-order valence-corrected chi connectivity index (χ1v) is 8.69. The van der Waals surface area contributed by atoms with Crippen LogP contribution in [0.1, 0.15) is 6.42 Å². The van der Waals surface area contributed by atoms with E-state index >= 15 is 0 Å². The van der Waals surface area contributed by atoms with Gasteiger partial charge in [0, 0.05) is 37.0 Å². The van der Waals surface area contributed by atoms with Gasteiger partial charge in [-0.2, -0.15) is 0 Å². The molecule has 2 atom stereocenters. The number of epoxide rings is 1. The fourth-order valence-electron chi connectivity index (χ4n) is 1.57. The summed E-state index contributed by atoms with van der Waals surface area (Å²) in [6.07, 6.45) is 1.35. The molecular formula is C12H26O5Si. The Bertz CT molecular complexity index is 189. The Morgan fingerprint density at radius 1 is 1.28 bits per heavy atom. The van der Waals surface area contributed by atoms with Crippen LogP contribution in [0.5, 0.6) is 0 Å². The maximum Gasteiger partial charge on any atom is 0.180 e. The molecule has 0 aliphatic carbocycles. The first kappa shape index (κ1) is 16.1. The standard InChI is InChI=1S/C12H26O5Si/c1-13-10-12(14-2)16-5-7-18-6-3-4-15-8-11-9-17-11/h11-12H,3-10,18H2,1-2H3. The summed E-state index contributed by atoms with van der Waals surface area (Å²) in [5.74, 6) is 0. The zero-order valence-electron chi connectivity index (χ0n) is 11.6. The summed E-state index contributed by atoms with van der Waals surface area (Å²) in [6, 6.07) is 2.51. The SMILES string of the molecule is COCC(OC)OCC[SiH2]CCCOCC1CO1. The van der Waals surface area contributed by atoms with E-state index < -0.39 is 0 Å². The molecule has 0 radical (unpaired) electrons. The largest absolute Gasteiger partial charge is 0.379 e. The third kappa shape index (κ3) is 9.01. The van der Waals surface area contributed by atoms with Crippen LogP contribution in [0, 0.1) is 0 Å². The minimum atomic E-state index is -0.217. The maximum atomic E-state index is 5.54. The minimum Gasteiger partial charge on any atom is -0.379 e. The lowest BCUT2D eigenvalue weighted by atomic mass is 10.5. The van der Waals surface area contributed by atoms with Gasteiger partial charge in [-0.25, -0.2) is 0 Å². The molecule has 1 aliphatic rings. The summed E-state index contributed by atoms with van der Waals surface area (Å²) in [5, 5.41) is 0. The van der Waals surface area contributed by atoms with E-state index in [9.17, 15) is 0 Å². The van der Waals surface area contributed by atoms with Crippen LogP contribution in [-0.4, -0.2) is 69.2 Å². The van der Waals surface area contributed by atoms with E-state index in [0.29, 0.717) is 12.7 Å². The fourth-order valence-corrected chi connectivity index (χ4v) is 2.86. The molecule has 1 saturated heterocycles. The fraction of sp³-hybridized carbons (Fsp3) is 1.00. The molecule has 0 spiro atoms. The molecule has 1 aliphatic heterocycles. The molecule has 1 rings (SSSR count). The molecule has 0 bridgehead atoms. The molecule has 108 valence electrons. The van der Waals surface area contributed by atoms with Crippen LogP contribution >= 0.6 is 0 Å². The van der Waals surface area contributed by atoms with Crippen LogP contribution in [0.15, 0.2) is 0 Å². The van der Waals surface area contributed by atoms with Gasteiger partial charge in [0.05, 0.1) is 19.8 Å². The maximum absolute atomic E-state index is 5.54. The number of methoxy groups -OCH3 is 2. The van der Waals surface area contributed by atoms with Crippen molar-refractivity contribution in [2.75, 3.05) is 47.3 Å². The van der Waals surface area contributed by atoms with Gasteiger partial charge in [0.1, 0.15) is 6.10 Å². The molecular weight excluding hydrogens is 252 g/mol. The molecule has 0 aromatic carbocycles. The third-order valence-corrected chi connectivity index (χ3v) is 4.55. The van der Waals surface area contributed by atoms with Gasteiger partial charge in [0.2, 0.25) is 0 Å². The highest BCUT2D eigenvalue weighted by Crippen LogP contribution is 2.08. The van der Waals surface area contributed by atoms with E-state index in [0.717, 1.165) is 26.4 Å². The van der Waals surface area contributed by atoms with E-state index in [2.05, 4.69) is 0 Å². The average molecular weight is 278 g/mol. The van der Waals surface area contributed by atoms with E-state index in [1.54, 1.807) is 14.2 Å². The lowest BCUT2D eigenvalue weighted by Crippen LogP contribution is -2.22. The summed E-state index contributed by atoms with van der Waals surface area (Å²) in [6.45, 7) is 3.81. The molecule has 1 fully saturated rings. The second-order valence-electron chi connectivity index (χ2n) is 4.44. The van der Waals surface area contributed by atoms with Crippen molar-refractivity contribution < 1.29 is 23.7 Å². The predicted octanol–water partition coefficient (Wildman–Crippen LogP) is 0.433. The molecule has 0 amide bonds. The van der Waals surface area contributed by atoms with Gasteiger partial charge in [0.25, 0.3) is 0 Å². The molecule has 0 aromatic rings. The highest BCUT2D eigenvalue weighted by atomic mass is 28.2. The van der Waals surface area contributed by atoms with Gasteiger partial charge in [-0.3, -0.25) is 0 Å². The zero-order chi connectivity index (χ0) is 13.1. The Hall–Kier alpha value is 0.0169. The minimum absolute atomic E-state index is 0.0176. The number of ether oxygens (including phenoxy) is 5. The van der Waals surface area contributed by atoms with Gasteiger partial charge in [0.15, 0.2) is 6.29 Å². The molecule has 0 aromatic heterocycles. The molecule has 6 heteroatoms. The Labute approximate surface area is 112 Å². The predicted molar refractivity (Wildman–Crippen MR) is 72.0 cm³/mol. The molecule has 18 heavy (non-hydrogen) atoms. The Balaban J connectivity index is 1.74. The van der Waals surface area contributed by atoms with Gasteiger partial charge >= 0.3 is 0 Å². The van der Waals surface area contributed by atoms with Crippen molar-refractivity contribution in [1.82, 2.24) is 0 Å². The van der Waals surface area contributed by atoms with Gasteiger partial charge in [-0.1, -0.05) is 6.04 Å². The molecule has 0 saturated carbocycles. The average Bonchev–Trinajstić information content (AvgIpc) is 3.19. The van der Waals surface area contributed by atoms with Gasteiger partial charge < -0.3 is 23.7 Å². The van der Waals surface area contributed by atoms with E-state index in [1.807, 2.05) is 0 Å². The number of hydrogen-bond donors (Lipinski definition) is 0. The lowest BCUT2D eigenvalue weighted by Gasteiger charge is -2.14. The van der Waals surface area contributed by atoms with Crippen LogP contribution < -0.4 is 0 Å². The first-order chi connectivity index (χ1) is 8.86. The van der Waals surface area contributed by atoms with Crippen molar-refractivity contribution in [3.05, 3.63) is 0 Å². The van der Waals surface area contributed by atoms with E-state index in [-0.39, 0.29) is 15.8 Å². The number of hydrogen-bond acceptors (Lipinski definition) is 5. The highest BCUT2D eigenvalue weighted by molar-refractivity contribution is 6.35. The van der Waals surface area contributed by atoms with Crippen molar-refractivity contribution in [3.8, 4) is 0 Å². The second-order valence-corrected chi connectivity index (χ2v) is 6.56. The smallest absolute Gasteiger partial charge is 0.180 e. The quantitative estimate of drug-likeness (QED) is 0.212. The van der Waals surface area contributed by atoms with Crippen LogP contribution in [0.2, 0.25) is 12.1 Å². The van der Waals surface area contributed by atoms with Gasteiger partial charge in [-0.15, -0.1) is 0 Å². The zero-order valence-corrected chi connectivity index (χ0v) is 13.0. The highest BCUT2D eigenvalue weighted by Gasteiger charge is 2.21. The first-order valence-electron chi connectivity index (χ1n) is 6.69. The van der Waals surface area contributed by atoms with Crippen LogP contribution in [0.3, 0.4) is 0 Å². The third-order valence-electron chi connectivity index (χ3n) is 2.76. The monoisotopic (exact) mass is 278 g/mol. The summed E-state index contributed by atoms with van der Waals surface area (Å²) >= 11 is 0. The second kappa shape index (κ2) is 10.9. The van der Waals surface area contributed by atoms with Crippen molar-refractivity contribution in [2.24, 2.45) is 0 Å². The van der Waals surface area contributed by atoms with Crippen molar-refractivity contribution >= 4 is 9.52 Å². The van der Waals surface area contributed by atoms with Crippen LogP contribution in [-0.2, 0) is 23.7 Å². The Kier molecular flexibility index (Phi) is 9.73. The normalized spacial score (nSPS) is 20.7. The summed E-state index contributed by atoms with van der Waals surface area (Å²) in [5.41, 5.74) is 0. The molecule has 2 unspecified atom stereocenters. The van der Waals surface area contributed by atoms with Crippen LogP contribution in [0.4, 0.5) is 0 Å². The molecule has 5 nitrogen and oxygen atoms in total. The summed E-state index contributed by atoms with van der Waals surface area (Å²) < 4.78 is 26.2. The van der Waals surface area contributed by atoms with Crippen molar-refractivity contribution in [3.63, 3.8) is 0 Å². The van der Waals surface area contributed by atoms with Crippen LogP contribution in [0.25, 0.3) is 0 Å². The molecule has 0 N–H and O–H groups in total. The summed E-state index contributed by atoms with van der Waals surface area (Å²) in [7, 11) is 3.27. The molecule has 1 heterocycles. The lowest BCUT2D eigenvalue weighted by molar-refractivity contribution is -0.148. The Morgan fingerprint density at radius 2 is 2.11 bits per heavy atom. The van der Waals surface area contributed by atoms with Gasteiger partial charge in [-0.05, 0) is 12.5 Å². The van der Waals surface area contributed by atoms with E-state index in [4.69, 9.17) is 23.7 Å². The number of rotatable bonds is 13. The van der Waals surface area contributed by atoms with Crippen molar-refractivity contribution in [2.45, 2.75) is 30.9 Å². The van der Waals surface area contributed by atoms with E-state index in [1.165, 1.54) is 18.5 Å². The summed E-state index contributed by atoms with van der Waals surface area (Å²) in [4.78, 5) is 0. The Morgan fingerprint density at radius 3 is 2.78 bits per heavy atom.